The van der Waals surface area contributed by atoms with Crippen molar-refractivity contribution in [3.8, 4) is 0 Å². The number of rotatable bonds is 5. The van der Waals surface area contributed by atoms with Gasteiger partial charge in [-0.25, -0.2) is 0 Å². The Morgan fingerprint density at radius 2 is 2.18 bits per heavy atom. The van der Waals surface area contributed by atoms with Crippen LogP contribution in [-0.4, -0.2) is 22.2 Å². The van der Waals surface area contributed by atoms with Crippen molar-refractivity contribution in [3.05, 3.63) is 28.0 Å². The summed E-state index contributed by atoms with van der Waals surface area (Å²) in [6.07, 6.45) is 4.08. The lowest BCUT2D eigenvalue weighted by Crippen LogP contribution is -2.45. The number of furan rings is 1. The molecule has 94 valence electrons. The Hall–Kier alpha value is -1.40. The predicted octanol–water partition coefficient (Wildman–Crippen LogP) is 1.58. The fourth-order valence-electron chi connectivity index (χ4n) is 2.28. The molecule has 0 amide bonds. The number of nitrogens with one attached hydrogen (secondary N) is 1. The van der Waals surface area contributed by atoms with E-state index in [2.05, 4.69) is 5.32 Å². The van der Waals surface area contributed by atoms with Crippen molar-refractivity contribution in [2.24, 2.45) is 0 Å². The molecule has 0 radical (unpaired) electrons. The second-order valence-corrected chi connectivity index (χ2v) is 4.50. The maximum absolute atomic E-state index is 10.4. The zero-order valence-electron chi connectivity index (χ0n) is 9.52. The van der Waals surface area contributed by atoms with Gasteiger partial charge in [0.1, 0.15) is 10.7 Å². The molecule has 1 heterocycles. The highest BCUT2D eigenvalue weighted by atomic mass is 16.6. The van der Waals surface area contributed by atoms with E-state index in [-0.39, 0.29) is 18.0 Å². The first-order valence-electron chi connectivity index (χ1n) is 5.74. The van der Waals surface area contributed by atoms with E-state index < -0.39 is 4.92 Å². The van der Waals surface area contributed by atoms with Crippen molar-refractivity contribution in [1.29, 1.82) is 0 Å². The third-order valence-corrected chi connectivity index (χ3v) is 3.33. The van der Waals surface area contributed by atoms with Crippen LogP contribution in [0.3, 0.4) is 0 Å². The molecule has 0 aliphatic heterocycles. The van der Waals surface area contributed by atoms with Gasteiger partial charge in [0.2, 0.25) is 0 Å². The molecule has 0 aromatic carbocycles. The Labute approximate surface area is 98.8 Å². The van der Waals surface area contributed by atoms with Crippen molar-refractivity contribution in [2.45, 2.75) is 37.8 Å². The summed E-state index contributed by atoms with van der Waals surface area (Å²) in [5, 5.41) is 23.1. The Kier molecular flexibility index (Phi) is 3.44. The Morgan fingerprint density at radius 1 is 1.47 bits per heavy atom. The van der Waals surface area contributed by atoms with Crippen LogP contribution in [0.25, 0.3) is 0 Å². The maximum Gasteiger partial charge on any atom is 0.433 e. The first-order chi connectivity index (χ1) is 8.15. The van der Waals surface area contributed by atoms with Crippen molar-refractivity contribution < 1.29 is 14.4 Å². The van der Waals surface area contributed by atoms with Gasteiger partial charge in [-0.2, -0.15) is 0 Å². The Bertz CT molecular complexity index is 396. The van der Waals surface area contributed by atoms with Gasteiger partial charge in [-0.1, -0.05) is 12.8 Å². The zero-order chi connectivity index (χ0) is 12.3. The van der Waals surface area contributed by atoms with Gasteiger partial charge in [-0.05, 0) is 18.9 Å². The van der Waals surface area contributed by atoms with E-state index in [1.807, 2.05) is 0 Å². The van der Waals surface area contributed by atoms with E-state index >= 15 is 0 Å². The quantitative estimate of drug-likeness (QED) is 0.602. The third kappa shape index (κ3) is 2.65. The van der Waals surface area contributed by atoms with Crippen molar-refractivity contribution in [2.75, 3.05) is 6.61 Å². The summed E-state index contributed by atoms with van der Waals surface area (Å²) in [4.78, 5) is 9.89. The van der Waals surface area contributed by atoms with Gasteiger partial charge in [-0.3, -0.25) is 10.1 Å². The molecule has 1 aliphatic rings. The number of nitro groups is 1. The molecular formula is C11H16N2O4. The molecule has 0 saturated heterocycles. The summed E-state index contributed by atoms with van der Waals surface area (Å²) in [6, 6.07) is 2.93. The summed E-state index contributed by atoms with van der Waals surface area (Å²) in [7, 11) is 0. The van der Waals surface area contributed by atoms with Gasteiger partial charge in [-0.15, -0.1) is 0 Å². The van der Waals surface area contributed by atoms with E-state index in [4.69, 9.17) is 4.42 Å². The van der Waals surface area contributed by atoms with E-state index in [1.165, 1.54) is 6.07 Å². The minimum Gasteiger partial charge on any atom is -0.404 e. The largest absolute Gasteiger partial charge is 0.433 e. The van der Waals surface area contributed by atoms with Gasteiger partial charge in [0.15, 0.2) is 0 Å². The molecule has 1 aromatic rings. The smallest absolute Gasteiger partial charge is 0.404 e. The molecule has 1 fully saturated rings. The highest BCUT2D eigenvalue weighted by Crippen LogP contribution is 2.29. The van der Waals surface area contributed by atoms with Crippen LogP contribution in [0.2, 0.25) is 0 Å². The molecule has 0 unspecified atom stereocenters. The Balaban J connectivity index is 1.94. The standard InChI is InChI=1S/C11H16N2O4/c14-8-11(5-1-2-6-11)12-7-9-3-4-10(17-9)13(15)16/h3-4,12,14H,1-2,5-8H2. The minimum absolute atomic E-state index is 0.0931. The number of aliphatic hydroxyl groups excluding tert-OH is 1. The average molecular weight is 240 g/mol. The van der Waals surface area contributed by atoms with Gasteiger partial charge >= 0.3 is 5.88 Å². The zero-order valence-corrected chi connectivity index (χ0v) is 9.52. The maximum atomic E-state index is 10.4. The van der Waals surface area contributed by atoms with Crippen LogP contribution in [0.4, 0.5) is 5.88 Å². The van der Waals surface area contributed by atoms with Crippen LogP contribution in [0, 0.1) is 10.1 Å². The number of nitrogens with zero attached hydrogens (tertiary/aromatic N) is 1. The first-order valence-corrected chi connectivity index (χ1v) is 5.74. The fraction of sp³-hybridized carbons (Fsp3) is 0.636. The van der Waals surface area contributed by atoms with Crippen LogP contribution in [0.1, 0.15) is 31.4 Å². The molecule has 0 atom stereocenters. The molecule has 6 nitrogen and oxygen atoms in total. The number of aliphatic hydroxyl groups is 1. The molecule has 17 heavy (non-hydrogen) atoms. The second-order valence-electron chi connectivity index (χ2n) is 4.50. The summed E-state index contributed by atoms with van der Waals surface area (Å²) in [5.74, 6) is 0.280. The molecular weight excluding hydrogens is 224 g/mol. The normalized spacial score (nSPS) is 18.4. The molecule has 2 N–H and O–H groups in total. The second kappa shape index (κ2) is 4.85. The molecule has 0 bridgehead atoms. The highest BCUT2D eigenvalue weighted by Gasteiger charge is 2.32. The highest BCUT2D eigenvalue weighted by molar-refractivity contribution is 5.17. The van der Waals surface area contributed by atoms with Crippen LogP contribution in [-0.2, 0) is 6.54 Å². The number of hydrogen-bond acceptors (Lipinski definition) is 5. The number of hydrogen-bond donors (Lipinski definition) is 2. The molecule has 2 rings (SSSR count). The SMILES string of the molecule is O=[N+]([O-])c1ccc(CNC2(CO)CCCC2)o1. The summed E-state index contributed by atoms with van der Waals surface area (Å²) in [6.45, 7) is 0.504. The molecule has 1 saturated carbocycles. The third-order valence-electron chi connectivity index (χ3n) is 3.33. The Morgan fingerprint density at radius 3 is 2.71 bits per heavy atom. The summed E-state index contributed by atoms with van der Waals surface area (Å²) < 4.78 is 5.05. The van der Waals surface area contributed by atoms with Crippen molar-refractivity contribution in [3.63, 3.8) is 0 Å². The van der Waals surface area contributed by atoms with Gasteiger partial charge in [0.05, 0.1) is 19.2 Å². The van der Waals surface area contributed by atoms with Gasteiger partial charge in [0, 0.05) is 5.54 Å². The molecule has 0 spiro atoms. The lowest BCUT2D eigenvalue weighted by molar-refractivity contribution is -0.402. The fourth-order valence-corrected chi connectivity index (χ4v) is 2.28. The molecule has 1 aliphatic carbocycles. The lowest BCUT2D eigenvalue weighted by Gasteiger charge is -2.27. The van der Waals surface area contributed by atoms with Crippen molar-refractivity contribution >= 4 is 5.88 Å². The van der Waals surface area contributed by atoms with Crippen LogP contribution in [0.15, 0.2) is 16.5 Å². The van der Waals surface area contributed by atoms with Crippen LogP contribution < -0.4 is 5.32 Å². The van der Waals surface area contributed by atoms with Crippen LogP contribution >= 0.6 is 0 Å². The first kappa shape index (κ1) is 12.1. The lowest BCUT2D eigenvalue weighted by atomic mass is 9.99. The molecule has 1 aromatic heterocycles. The molecule has 6 heteroatoms. The van der Waals surface area contributed by atoms with Crippen LogP contribution in [0.5, 0.6) is 0 Å². The summed E-state index contributed by atoms with van der Waals surface area (Å²) in [5.41, 5.74) is -0.235. The van der Waals surface area contributed by atoms with Gasteiger partial charge < -0.3 is 14.8 Å². The monoisotopic (exact) mass is 240 g/mol. The van der Waals surface area contributed by atoms with E-state index in [0.29, 0.717) is 12.3 Å². The van der Waals surface area contributed by atoms with E-state index in [1.54, 1.807) is 6.07 Å². The van der Waals surface area contributed by atoms with E-state index in [0.717, 1.165) is 25.7 Å². The minimum atomic E-state index is -0.555. The predicted molar refractivity (Wildman–Crippen MR) is 60.5 cm³/mol. The average Bonchev–Trinajstić information content (AvgIpc) is 2.96. The van der Waals surface area contributed by atoms with E-state index in [9.17, 15) is 15.2 Å². The van der Waals surface area contributed by atoms with Gasteiger partial charge in [0.25, 0.3) is 0 Å². The van der Waals surface area contributed by atoms with Crippen molar-refractivity contribution in [1.82, 2.24) is 5.32 Å². The summed E-state index contributed by atoms with van der Waals surface area (Å²) >= 11 is 0. The topological polar surface area (TPSA) is 88.5 Å².